The summed E-state index contributed by atoms with van der Waals surface area (Å²) < 4.78 is 43.9. The molecule has 0 aromatic heterocycles. The number of carbonyl (C=O) groups excluding carboxylic acids is 1. The minimum atomic E-state index is -5.04. The van der Waals surface area contributed by atoms with Gasteiger partial charge >= 0.3 is 12.1 Å². The lowest BCUT2D eigenvalue weighted by Crippen LogP contribution is -2.38. The molecule has 2 aromatic rings. The van der Waals surface area contributed by atoms with E-state index in [1.54, 1.807) is 43.3 Å². The zero-order valence-electron chi connectivity index (χ0n) is 14.0. The summed E-state index contributed by atoms with van der Waals surface area (Å²) in [5, 5.41) is 4.15. The number of benzene rings is 2. The summed E-state index contributed by atoms with van der Waals surface area (Å²) in [5.74, 6) is -1.53. The standard InChI is InChI=1S/C18H17F3N2O2/c1-12-7-8-16(13(2)9-12)23(17(24)18(19,20)21)22-11-14-5-4-6-15(10-14)25-3/h4-11H,1-3H3/b22-11+/i3-1. The fourth-order valence-electron chi connectivity index (χ4n) is 2.23. The van der Waals surface area contributed by atoms with E-state index < -0.39 is 12.1 Å². The number of amides is 1. The van der Waals surface area contributed by atoms with Crippen molar-refractivity contribution in [2.75, 3.05) is 12.1 Å². The summed E-state index contributed by atoms with van der Waals surface area (Å²) >= 11 is 0. The number of alkyl halides is 3. The molecule has 0 N–H and O–H groups in total. The van der Waals surface area contributed by atoms with E-state index in [9.17, 15) is 18.0 Å². The Morgan fingerprint density at radius 2 is 1.88 bits per heavy atom. The number of nitrogens with zero attached hydrogens (tertiary/aromatic N) is 2. The molecule has 1 amide bonds. The molecule has 0 aliphatic heterocycles. The lowest BCUT2D eigenvalue weighted by atomic mass is 10.1. The normalized spacial score (nSPS) is 11.6. The van der Waals surface area contributed by atoms with Gasteiger partial charge in [-0.25, -0.2) is 0 Å². The Kier molecular flexibility index (Phi) is 5.46. The molecule has 0 heterocycles. The van der Waals surface area contributed by atoms with Crippen LogP contribution in [0.2, 0.25) is 0 Å². The van der Waals surface area contributed by atoms with Crippen molar-refractivity contribution in [1.29, 1.82) is 0 Å². The van der Waals surface area contributed by atoms with Crippen LogP contribution in [0.15, 0.2) is 47.6 Å². The van der Waals surface area contributed by atoms with Gasteiger partial charge in [0, 0.05) is 0 Å². The average Bonchev–Trinajstić information content (AvgIpc) is 2.55. The summed E-state index contributed by atoms with van der Waals surface area (Å²) in [6.45, 7) is 3.44. The molecule has 0 atom stereocenters. The Morgan fingerprint density at radius 3 is 2.48 bits per heavy atom. The monoisotopic (exact) mass is 349 g/mol. The number of anilines is 1. The zero-order valence-corrected chi connectivity index (χ0v) is 14.0. The summed E-state index contributed by atoms with van der Waals surface area (Å²) in [5.41, 5.74) is 1.97. The van der Waals surface area contributed by atoms with E-state index in [0.717, 1.165) is 5.56 Å². The number of halogens is 3. The van der Waals surface area contributed by atoms with Crippen LogP contribution >= 0.6 is 0 Å². The molecule has 0 radical (unpaired) electrons. The first-order chi connectivity index (χ1) is 11.7. The minimum absolute atomic E-state index is 0.0760. The van der Waals surface area contributed by atoms with Crippen LogP contribution in [0.25, 0.3) is 0 Å². The van der Waals surface area contributed by atoms with E-state index >= 15 is 0 Å². The third-order valence-electron chi connectivity index (χ3n) is 3.43. The van der Waals surface area contributed by atoms with Gasteiger partial charge in [-0.3, -0.25) is 4.79 Å². The molecule has 0 spiro atoms. The molecular weight excluding hydrogens is 332 g/mol. The Morgan fingerprint density at radius 1 is 1.16 bits per heavy atom. The van der Waals surface area contributed by atoms with Gasteiger partial charge in [0.05, 0.1) is 19.0 Å². The van der Waals surface area contributed by atoms with Crippen molar-refractivity contribution in [3.05, 3.63) is 59.2 Å². The maximum absolute atomic E-state index is 13.0. The van der Waals surface area contributed by atoms with E-state index in [0.29, 0.717) is 21.9 Å². The lowest BCUT2D eigenvalue weighted by molar-refractivity contribution is -0.170. The summed E-state index contributed by atoms with van der Waals surface area (Å²) in [6, 6.07) is 11.4. The molecular formula is C18H17F3N2O2. The second kappa shape index (κ2) is 7.38. The molecule has 0 fully saturated rings. The lowest BCUT2D eigenvalue weighted by Gasteiger charge is -2.20. The SMILES string of the molecule is Cc1ccc(N(/N=C/c2cccc(O[11CH3])c2)C(=O)C(F)(F)F)c(C)c1. The molecule has 0 saturated heterocycles. The summed E-state index contributed by atoms with van der Waals surface area (Å²) in [4.78, 5) is 11.8. The number of rotatable bonds is 4. The van der Waals surface area contributed by atoms with E-state index in [-0.39, 0.29) is 5.69 Å². The summed E-state index contributed by atoms with van der Waals surface area (Å²) in [6.07, 6.45) is -3.85. The second-order valence-electron chi connectivity index (χ2n) is 5.43. The van der Waals surface area contributed by atoms with Crippen LogP contribution in [0.3, 0.4) is 0 Å². The highest BCUT2D eigenvalue weighted by atomic mass is 19.4. The first-order valence-electron chi connectivity index (χ1n) is 7.39. The van der Waals surface area contributed by atoms with Crippen molar-refractivity contribution in [2.24, 2.45) is 5.10 Å². The third kappa shape index (κ3) is 4.59. The molecule has 4 nitrogen and oxygen atoms in total. The van der Waals surface area contributed by atoms with Gasteiger partial charge in [0.25, 0.3) is 0 Å². The van der Waals surface area contributed by atoms with Crippen molar-refractivity contribution < 1.29 is 22.7 Å². The van der Waals surface area contributed by atoms with Gasteiger partial charge in [0.1, 0.15) is 5.75 Å². The number of hydrogen-bond acceptors (Lipinski definition) is 3. The highest BCUT2D eigenvalue weighted by Gasteiger charge is 2.43. The van der Waals surface area contributed by atoms with Gasteiger partial charge in [-0.05, 0) is 43.2 Å². The third-order valence-corrected chi connectivity index (χ3v) is 3.43. The molecule has 0 bridgehead atoms. The average molecular weight is 349 g/mol. The van der Waals surface area contributed by atoms with Crippen LogP contribution in [0.4, 0.5) is 18.9 Å². The predicted molar refractivity (Wildman–Crippen MR) is 90.0 cm³/mol. The van der Waals surface area contributed by atoms with E-state index in [1.165, 1.54) is 19.4 Å². The topological polar surface area (TPSA) is 41.9 Å². The van der Waals surface area contributed by atoms with Gasteiger partial charge in [-0.2, -0.15) is 23.3 Å². The van der Waals surface area contributed by atoms with E-state index in [4.69, 9.17) is 4.74 Å². The largest absolute Gasteiger partial charge is 0.497 e. The molecule has 7 heteroatoms. The number of ether oxygens (including phenoxy) is 1. The van der Waals surface area contributed by atoms with Crippen LogP contribution in [0.5, 0.6) is 5.75 Å². The van der Waals surface area contributed by atoms with Crippen molar-refractivity contribution in [3.8, 4) is 5.75 Å². The number of carbonyl (C=O) groups is 1. The first kappa shape index (κ1) is 18.5. The zero-order chi connectivity index (χ0) is 18.6. The smallest absolute Gasteiger partial charge is 0.473 e. The predicted octanol–water partition coefficient (Wildman–Crippen LogP) is 4.24. The van der Waals surface area contributed by atoms with Gasteiger partial charge in [0.2, 0.25) is 0 Å². The molecule has 0 aliphatic carbocycles. The number of hydrogen-bond donors (Lipinski definition) is 0. The Hall–Kier alpha value is -2.83. The Labute approximate surface area is 143 Å². The Balaban J connectivity index is 2.44. The van der Waals surface area contributed by atoms with Gasteiger partial charge in [0.15, 0.2) is 0 Å². The second-order valence-corrected chi connectivity index (χ2v) is 5.43. The van der Waals surface area contributed by atoms with Crippen molar-refractivity contribution >= 4 is 17.8 Å². The van der Waals surface area contributed by atoms with Gasteiger partial charge in [-0.1, -0.05) is 29.8 Å². The maximum Gasteiger partial charge on any atom is 0.473 e. The van der Waals surface area contributed by atoms with Crippen LogP contribution in [0.1, 0.15) is 16.7 Å². The van der Waals surface area contributed by atoms with Crippen LogP contribution < -0.4 is 9.75 Å². The molecule has 2 rings (SSSR count). The molecule has 2 aromatic carbocycles. The van der Waals surface area contributed by atoms with Crippen LogP contribution in [-0.4, -0.2) is 25.4 Å². The van der Waals surface area contributed by atoms with Gasteiger partial charge in [-0.15, -0.1) is 0 Å². The van der Waals surface area contributed by atoms with Crippen molar-refractivity contribution in [3.63, 3.8) is 0 Å². The van der Waals surface area contributed by atoms with Crippen LogP contribution in [-0.2, 0) is 4.79 Å². The molecule has 132 valence electrons. The van der Waals surface area contributed by atoms with Crippen LogP contribution in [0, 0.1) is 13.8 Å². The molecule has 0 aliphatic rings. The van der Waals surface area contributed by atoms with Gasteiger partial charge < -0.3 is 4.74 Å². The fourth-order valence-corrected chi connectivity index (χ4v) is 2.23. The Bertz CT molecular complexity index is 801. The molecule has 25 heavy (non-hydrogen) atoms. The first-order valence-corrected chi connectivity index (χ1v) is 7.39. The molecule has 0 unspecified atom stereocenters. The van der Waals surface area contributed by atoms with Crippen molar-refractivity contribution in [1.82, 2.24) is 0 Å². The number of aryl methyl sites for hydroxylation is 2. The quantitative estimate of drug-likeness (QED) is 0.612. The maximum atomic E-state index is 13.0. The molecule has 0 saturated carbocycles. The van der Waals surface area contributed by atoms with E-state index in [1.807, 2.05) is 6.92 Å². The fraction of sp³-hybridized carbons (Fsp3) is 0.222. The van der Waals surface area contributed by atoms with Crippen molar-refractivity contribution in [2.45, 2.75) is 20.0 Å². The van der Waals surface area contributed by atoms with E-state index in [2.05, 4.69) is 5.10 Å². The number of hydrazone groups is 1. The number of methoxy groups -OCH3 is 1. The highest BCUT2D eigenvalue weighted by molar-refractivity contribution is 5.99. The summed E-state index contributed by atoms with van der Waals surface area (Å²) in [7, 11) is 1.48. The minimum Gasteiger partial charge on any atom is -0.497 e. The highest BCUT2D eigenvalue weighted by Crippen LogP contribution is 2.27.